The third-order valence-electron chi connectivity index (χ3n) is 3.16. The molecule has 0 bridgehead atoms. The van der Waals surface area contributed by atoms with E-state index < -0.39 is 0 Å². The van der Waals surface area contributed by atoms with Crippen LogP contribution in [0.5, 0.6) is 0 Å². The molecule has 0 radical (unpaired) electrons. The third kappa shape index (κ3) is 3.77. The molecule has 0 saturated carbocycles. The van der Waals surface area contributed by atoms with Gasteiger partial charge in [-0.15, -0.1) is 11.8 Å². The van der Waals surface area contributed by atoms with Gasteiger partial charge in [-0.1, -0.05) is 42.8 Å². The fourth-order valence-electron chi connectivity index (χ4n) is 2.08. The highest BCUT2D eigenvalue weighted by molar-refractivity contribution is 7.99. The molecular formula is C17H21NS. The lowest BCUT2D eigenvalue weighted by atomic mass is 10.1. The normalized spacial score (nSPS) is 10.5. The van der Waals surface area contributed by atoms with Crippen LogP contribution in [0, 0.1) is 13.8 Å². The molecule has 1 N–H and O–H groups in total. The van der Waals surface area contributed by atoms with Crippen LogP contribution in [0.25, 0.3) is 0 Å². The number of para-hydroxylation sites is 1. The maximum atomic E-state index is 3.56. The summed E-state index contributed by atoms with van der Waals surface area (Å²) in [5, 5.41) is 3.56. The minimum Gasteiger partial charge on any atom is -0.380 e. The SMILES string of the molecule is CCSc1ccccc1NCc1cc(C)ccc1C. The third-order valence-corrected chi connectivity index (χ3v) is 4.12. The van der Waals surface area contributed by atoms with Crippen molar-refractivity contribution in [1.82, 2.24) is 0 Å². The van der Waals surface area contributed by atoms with E-state index in [2.05, 4.69) is 68.6 Å². The molecule has 2 aromatic carbocycles. The number of anilines is 1. The van der Waals surface area contributed by atoms with Crippen LogP contribution in [0.15, 0.2) is 47.4 Å². The average molecular weight is 271 g/mol. The molecule has 1 nitrogen and oxygen atoms in total. The summed E-state index contributed by atoms with van der Waals surface area (Å²) in [6, 6.07) is 15.1. The monoisotopic (exact) mass is 271 g/mol. The molecule has 0 atom stereocenters. The molecule has 0 aliphatic carbocycles. The average Bonchev–Trinajstić information content (AvgIpc) is 2.42. The van der Waals surface area contributed by atoms with Crippen LogP contribution < -0.4 is 5.32 Å². The Kier molecular flexibility index (Phi) is 4.92. The number of hydrogen-bond acceptors (Lipinski definition) is 2. The van der Waals surface area contributed by atoms with Gasteiger partial charge in [0.05, 0.1) is 0 Å². The van der Waals surface area contributed by atoms with Gasteiger partial charge in [-0.25, -0.2) is 0 Å². The molecular weight excluding hydrogens is 250 g/mol. The smallest absolute Gasteiger partial charge is 0.0481 e. The standard InChI is InChI=1S/C17H21NS/c1-4-19-17-8-6-5-7-16(17)18-12-15-11-13(2)9-10-14(15)3/h5-11,18H,4,12H2,1-3H3. The summed E-state index contributed by atoms with van der Waals surface area (Å²) >= 11 is 1.88. The van der Waals surface area contributed by atoms with Crippen molar-refractivity contribution in [2.24, 2.45) is 0 Å². The zero-order valence-corrected chi connectivity index (χ0v) is 12.7. The fourth-order valence-corrected chi connectivity index (χ4v) is 2.86. The first kappa shape index (κ1) is 14.0. The summed E-state index contributed by atoms with van der Waals surface area (Å²) in [5.74, 6) is 1.10. The fraction of sp³-hybridized carbons (Fsp3) is 0.294. The highest BCUT2D eigenvalue weighted by Gasteiger charge is 2.03. The van der Waals surface area contributed by atoms with Gasteiger partial charge in [0, 0.05) is 17.1 Å². The van der Waals surface area contributed by atoms with Gasteiger partial charge in [0.25, 0.3) is 0 Å². The first-order valence-electron chi connectivity index (χ1n) is 6.72. The summed E-state index contributed by atoms with van der Waals surface area (Å²) < 4.78 is 0. The van der Waals surface area contributed by atoms with Gasteiger partial charge < -0.3 is 5.32 Å². The Morgan fingerprint density at radius 3 is 2.63 bits per heavy atom. The zero-order valence-electron chi connectivity index (χ0n) is 11.9. The van der Waals surface area contributed by atoms with E-state index in [4.69, 9.17) is 0 Å². The van der Waals surface area contributed by atoms with Crippen LogP contribution in [0.4, 0.5) is 5.69 Å². The van der Waals surface area contributed by atoms with Crippen LogP contribution in [-0.2, 0) is 6.54 Å². The van der Waals surface area contributed by atoms with E-state index >= 15 is 0 Å². The van der Waals surface area contributed by atoms with Gasteiger partial charge in [0.1, 0.15) is 0 Å². The Morgan fingerprint density at radius 2 is 1.84 bits per heavy atom. The zero-order chi connectivity index (χ0) is 13.7. The number of thioether (sulfide) groups is 1. The first-order chi connectivity index (χ1) is 9.20. The Bertz CT molecular complexity index is 549. The van der Waals surface area contributed by atoms with Crippen molar-refractivity contribution in [3.05, 3.63) is 59.2 Å². The molecule has 0 fully saturated rings. The summed E-state index contributed by atoms with van der Waals surface area (Å²) in [6.45, 7) is 7.38. The number of aryl methyl sites for hydroxylation is 2. The van der Waals surface area contributed by atoms with E-state index in [0.717, 1.165) is 12.3 Å². The maximum Gasteiger partial charge on any atom is 0.0481 e. The molecule has 0 saturated heterocycles. The van der Waals surface area contributed by atoms with Gasteiger partial charge in [0.15, 0.2) is 0 Å². The highest BCUT2D eigenvalue weighted by Crippen LogP contribution is 2.27. The van der Waals surface area contributed by atoms with Crippen LogP contribution in [0.2, 0.25) is 0 Å². The van der Waals surface area contributed by atoms with Crippen molar-refractivity contribution >= 4 is 17.4 Å². The topological polar surface area (TPSA) is 12.0 Å². The van der Waals surface area contributed by atoms with Gasteiger partial charge in [-0.3, -0.25) is 0 Å². The Hall–Kier alpha value is -1.41. The quantitative estimate of drug-likeness (QED) is 0.766. The minimum absolute atomic E-state index is 0.884. The predicted octanol–water partition coefficient (Wildman–Crippen LogP) is 5.03. The Balaban J connectivity index is 2.12. The number of rotatable bonds is 5. The summed E-state index contributed by atoms with van der Waals surface area (Å²) in [7, 11) is 0. The van der Waals surface area contributed by atoms with Gasteiger partial charge in [0.2, 0.25) is 0 Å². The van der Waals surface area contributed by atoms with Crippen molar-refractivity contribution in [1.29, 1.82) is 0 Å². The Morgan fingerprint density at radius 1 is 1.05 bits per heavy atom. The second-order valence-electron chi connectivity index (χ2n) is 4.71. The van der Waals surface area contributed by atoms with E-state index in [9.17, 15) is 0 Å². The molecule has 0 amide bonds. The number of nitrogens with one attached hydrogen (secondary N) is 1. The second-order valence-corrected chi connectivity index (χ2v) is 6.02. The second kappa shape index (κ2) is 6.67. The molecule has 0 heterocycles. The summed E-state index contributed by atoms with van der Waals surface area (Å²) in [5.41, 5.74) is 5.27. The number of hydrogen-bond donors (Lipinski definition) is 1. The first-order valence-corrected chi connectivity index (χ1v) is 7.71. The molecule has 100 valence electrons. The van der Waals surface area contributed by atoms with Crippen molar-refractivity contribution in [2.75, 3.05) is 11.1 Å². The van der Waals surface area contributed by atoms with Crippen molar-refractivity contribution in [3.63, 3.8) is 0 Å². The maximum absolute atomic E-state index is 3.56. The lowest BCUT2D eigenvalue weighted by Crippen LogP contribution is -2.02. The van der Waals surface area contributed by atoms with E-state index in [1.54, 1.807) is 0 Å². The minimum atomic E-state index is 0.884. The number of benzene rings is 2. The highest BCUT2D eigenvalue weighted by atomic mass is 32.2. The molecule has 2 rings (SSSR count). The van der Waals surface area contributed by atoms with Gasteiger partial charge in [-0.05, 0) is 42.9 Å². The lowest BCUT2D eigenvalue weighted by Gasteiger charge is -2.13. The van der Waals surface area contributed by atoms with Crippen LogP contribution in [0.1, 0.15) is 23.6 Å². The van der Waals surface area contributed by atoms with E-state index in [1.807, 2.05) is 11.8 Å². The molecule has 2 heteroatoms. The molecule has 19 heavy (non-hydrogen) atoms. The summed E-state index contributed by atoms with van der Waals surface area (Å²) in [6.07, 6.45) is 0. The molecule has 0 aromatic heterocycles. The molecule has 0 aliphatic heterocycles. The van der Waals surface area contributed by atoms with Crippen molar-refractivity contribution in [2.45, 2.75) is 32.2 Å². The van der Waals surface area contributed by atoms with Crippen LogP contribution in [-0.4, -0.2) is 5.75 Å². The summed E-state index contributed by atoms with van der Waals surface area (Å²) in [4.78, 5) is 1.33. The molecule has 2 aromatic rings. The molecule has 0 spiro atoms. The van der Waals surface area contributed by atoms with E-state index in [-0.39, 0.29) is 0 Å². The van der Waals surface area contributed by atoms with E-state index in [1.165, 1.54) is 27.3 Å². The Labute approximate surface area is 120 Å². The van der Waals surface area contributed by atoms with Crippen molar-refractivity contribution in [3.8, 4) is 0 Å². The molecule has 0 aliphatic rings. The molecule has 0 unspecified atom stereocenters. The van der Waals surface area contributed by atoms with Gasteiger partial charge in [-0.2, -0.15) is 0 Å². The van der Waals surface area contributed by atoms with E-state index in [0.29, 0.717) is 0 Å². The van der Waals surface area contributed by atoms with Crippen LogP contribution in [0.3, 0.4) is 0 Å². The predicted molar refractivity (Wildman–Crippen MR) is 86.1 cm³/mol. The largest absolute Gasteiger partial charge is 0.380 e. The van der Waals surface area contributed by atoms with Crippen LogP contribution >= 0.6 is 11.8 Å². The van der Waals surface area contributed by atoms with Crippen molar-refractivity contribution < 1.29 is 0 Å². The lowest BCUT2D eigenvalue weighted by molar-refractivity contribution is 1.10. The van der Waals surface area contributed by atoms with Gasteiger partial charge >= 0.3 is 0 Å².